The summed E-state index contributed by atoms with van der Waals surface area (Å²) in [6.45, 7) is 0.584. The lowest BCUT2D eigenvalue weighted by atomic mass is 10.0. The zero-order valence-electron chi connectivity index (χ0n) is 11.3. The molecular weight excluding hydrogens is 292 g/mol. The SMILES string of the molecule is O=S(=O)(c1ccccc1)N1CCC(O)(Cn2ccnn2)C1. The molecule has 0 radical (unpaired) electrons. The standard InChI is InChI=1S/C13H16N4O3S/c18-13(10-16-9-7-14-15-16)6-8-17(11-13)21(19,20)12-4-2-1-3-5-12/h1-5,7,9,18H,6,8,10-11H2. The molecule has 0 amide bonds. The number of hydrogen-bond donors (Lipinski definition) is 1. The summed E-state index contributed by atoms with van der Waals surface area (Å²) in [5.41, 5.74) is -1.12. The Morgan fingerprint density at radius 3 is 2.71 bits per heavy atom. The number of nitrogens with zero attached hydrogens (tertiary/aromatic N) is 4. The minimum Gasteiger partial charge on any atom is -0.387 e. The summed E-state index contributed by atoms with van der Waals surface area (Å²) in [6.07, 6.45) is 3.54. The second-order valence-corrected chi connectivity index (χ2v) is 7.16. The van der Waals surface area contributed by atoms with Crippen molar-refractivity contribution in [1.29, 1.82) is 0 Å². The van der Waals surface area contributed by atoms with E-state index in [-0.39, 0.29) is 18.0 Å². The number of aromatic nitrogens is 3. The molecule has 1 N–H and O–H groups in total. The molecule has 1 unspecified atom stereocenters. The van der Waals surface area contributed by atoms with Crippen molar-refractivity contribution in [3.63, 3.8) is 0 Å². The molecule has 7 nitrogen and oxygen atoms in total. The van der Waals surface area contributed by atoms with Gasteiger partial charge in [0.25, 0.3) is 0 Å². The third kappa shape index (κ3) is 2.82. The van der Waals surface area contributed by atoms with Crippen molar-refractivity contribution in [2.45, 2.75) is 23.5 Å². The molecule has 112 valence electrons. The summed E-state index contributed by atoms with van der Waals surface area (Å²) >= 11 is 0. The van der Waals surface area contributed by atoms with Gasteiger partial charge in [-0.15, -0.1) is 5.10 Å². The van der Waals surface area contributed by atoms with Crippen molar-refractivity contribution in [3.8, 4) is 0 Å². The highest BCUT2D eigenvalue weighted by atomic mass is 32.2. The van der Waals surface area contributed by atoms with Crippen LogP contribution in [0.1, 0.15) is 6.42 Å². The summed E-state index contributed by atoms with van der Waals surface area (Å²) in [5.74, 6) is 0. The number of hydrogen-bond acceptors (Lipinski definition) is 5. The Labute approximate surface area is 122 Å². The van der Waals surface area contributed by atoms with Crippen molar-refractivity contribution in [1.82, 2.24) is 19.3 Å². The van der Waals surface area contributed by atoms with E-state index in [4.69, 9.17) is 0 Å². The molecule has 1 aromatic carbocycles. The molecule has 1 aromatic heterocycles. The van der Waals surface area contributed by atoms with Gasteiger partial charge in [0.15, 0.2) is 0 Å². The number of β-amino-alcohol motifs (C(OH)–C–C–N with tert-alkyl or cyclic N) is 1. The maximum Gasteiger partial charge on any atom is 0.243 e. The van der Waals surface area contributed by atoms with Crippen LogP contribution in [0, 0.1) is 0 Å². The normalized spacial score (nSPS) is 23.5. The Balaban J connectivity index is 1.78. The van der Waals surface area contributed by atoms with Crippen LogP contribution >= 0.6 is 0 Å². The van der Waals surface area contributed by atoms with Crippen molar-refractivity contribution < 1.29 is 13.5 Å². The van der Waals surface area contributed by atoms with Gasteiger partial charge in [-0.3, -0.25) is 0 Å². The highest BCUT2D eigenvalue weighted by Crippen LogP contribution is 2.28. The fourth-order valence-corrected chi connectivity index (χ4v) is 4.05. The minimum absolute atomic E-state index is 0.0596. The van der Waals surface area contributed by atoms with E-state index in [1.807, 2.05) is 0 Å². The zero-order chi connectivity index (χ0) is 14.9. The maximum absolute atomic E-state index is 12.5. The first-order valence-electron chi connectivity index (χ1n) is 6.61. The van der Waals surface area contributed by atoms with Gasteiger partial charge in [-0.2, -0.15) is 4.31 Å². The van der Waals surface area contributed by atoms with Crippen LogP contribution in [0.3, 0.4) is 0 Å². The molecule has 1 aliphatic rings. The Hall–Kier alpha value is -1.77. The Morgan fingerprint density at radius 2 is 2.05 bits per heavy atom. The predicted molar refractivity (Wildman–Crippen MR) is 74.8 cm³/mol. The van der Waals surface area contributed by atoms with Crippen LogP contribution in [0.2, 0.25) is 0 Å². The molecule has 1 atom stereocenters. The van der Waals surface area contributed by atoms with Gasteiger partial charge in [-0.1, -0.05) is 23.4 Å². The smallest absolute Gasteiger partial charge is 0.243 e. The Bertz CT molecular complexity index is 702. The topological polar surface area (TPSA) is 88.3 Å². The van der Waals surface area contributed by atoms with Gasteiger partial charge in [0.05, 0.1) is 23.2 Å². The first-order valence-corrected chi connectivity index (χ1v) is 8.05. The van der Waals surface area contributed by atoms with E-state index in [1.54, 1.807) is 36.5 Å². The molecule has 0 aliphatic carbocycles. The first-order chi connectivity index (χ1) is 10.00. The van der Waals surface area contributed by atoms with Gasteiger partial charge in [0.1, 0.15) is 0 Å². The van der Waals surface area contributed by atoms with Crippen LogP contribution in [0.4, 0.5) is 0 Å². The van der Waals surface area contributed by atoms with E-state index in [0.29, 0.717) is 13.0 Å². The molecule has 0 saturated carbocycles. The summed E-state index contributed by atoms with van der Waals surface area (Å²) in [4.78, 5) is 0.245. The van der Waals surface area contributed by atoms with E-state index < -0.39 is 15.6 Å². The molecule has 3 rings (SSSR count). The van der Waals surface area contributed by atoms with Crippen LogP contribution in [-0.4, -0.2) is 51.5 Å². The van der Waals surface area contributed by atoms with Crippen LogP contribution in [0.5, 0.6) is 0 Å². The van der Waals surface area contributed by atoms with Crippen molar-refractivity contribution in [3.05, 3.63) is 42.7 Å². The lowest BCUT2D eigenvalue weighted by molar-refractivity contribution is 0.0341. The third-order valence-electron chi connectivity index (χ3n) is 3.61. The predicted octanol–water partition coefficient (Wildman–Crippen LogP) is 0.104. The van der Waals surface area contributed by atoms with E-state index in [0.717, 1.165) is 0 Å². The first kappa shape index (κ1) is 14.2. The van der Waals surface area contributed by atoms with Gasteiger partial charge < -0.3 is 5.11 Å². The minimum atomic E-state index is -3.56. The molecule has 0 bridgehead atoms. The number of aliphatic hydroxyl groups is 1. The van der Waals surface area contributed by atoms with Gasteiger partial charge in [0, 0.05) is 19.3 Å². The van der Waals surface area contributed by atoms with Gasteiger partial charge in [-0.05, 0) is 18.6 Å². The van der Waals surface area contributed by atoms with Crippen molar-refractivity contribution >= 4 is 10.0 Å². The molecule has 0 spiro atoms. The van der Waals surface area contributed by atoms with E-state index in [2.05, 4.69) is 10.3 Å². The van der Waals surface area contributed by atoms with Crippen LogP contribution in [-0.2, 0) is 16.6 Å². The second kappa shape index (κ2) is 5.21. The fraction of sp³-hybridized carbons (Fsp3) is 0.385. The van der Waals surface area contributed by atoms with E-state index >= 15 is 0 Å². The molecular formula is C13H16N4O3S. The van der Waals surface area contributed by atoms with E-state index in [9.17, 15) is 13.5 Å². The molecule has 21 heavy (non-hydrogen) atoms. The van der Waals surface area contributed by atoms with Crippen molar-refractivity contribution in [2.75, 3.05) is 13.1 Å². The molecule has 8 heteroatoms. The number of sulfonamides is 1. The monoisotopic (exact) mass is 308 g/mol. The number of rotatable bonds is 4. The van der Waals surface area contributed by atoms with Crippen molar-refractivity contribution in [2.24, 2.45) is 0 Å². The molecule has 2 aromatic rings. The van der Waals surface area contributed by atoms with Gasteiger partial charge in [0.2, 0.25) is 10.0 Å². The summed E-state index contributed by atoms with van der Waals surface area (Å²) in [5, 5.41) is 18.0. The molecule has 1 aliphatic heterocycles. The Morgan fingerprint density at radius 1 is 1.29 bits per heavy atom. The summed E-state index contributed by atoms with van der Waals surface area (Å²) in [6, 6.07) is 8.26. The van der Waals surface area contributed by atoms with Crippen LogP contribution in [0.25, 0.3) is 0 Å². The average molecular weight is 308 g/mol. The lowest BCUT2D eigenvalue weighted by Gasteiger charge is -2.23. The van der Waals surface area contributed by atoms with Gasteiger partial charge >= 0.3 is 0 Å². The Kier molecular flexibility index (Phi) is 3.52. The van der Waals surface area contributed by atoms with Gasteiger partial charge in [-0.25, -0.2) is 13.1 Å². The summed E-state index contributed by atoms with van der Waals surface area (Å²) in [7, 11) is -3.56. The number of benzene rings is 1. The molecule has 1 fully saturated rings. The van der Waals surface area contributed by atoms with Crippen LogP contribution < -0.4 is 0 Å². The third-order valence-corrected chi connectivity index (χ3v) is 5.47. The van der Waals surface area contributed by atoms with E-state index in [1.165, 1.54) is 15.2 Å². The fourth-order valence-electron chi connectivity index (χ4n) is 2.51. The summed E-state index contributed by atoms with van der Waals surface area (Å²) < 4.78 is 27.8. The molecule has 2 heterocycles. The second-order valence-electron chi connectivity index (χ2n) is 5.23. The van der Waals surface area contributed by atoms with Crippen LogP contribution in [0.15, 0.2) is 47.6 Å². The zero-order valence-corrected chi connectivity index (χ0v) is 12.1. The average Bonchev–Trinajstić information content (AvgIpc) is 3.10. The maximum atomic E-state index is 12.5. The lowest BCUT2D eigenvalue weighted by Crippen LogP contribution is -2.39. The quantitative estimate of drug-likeness (QED) is 0.865. The molecule has 1 saturated heterocycles. The highest BCUT2D eigenvalue weighted by molar-refractivity contribution is 7.89. The largest absolute Gasteiger partial charge is 0.387 e. The highest BCUT2D eigenvalue weighted by Gasteiger charge is 2.42.